The number of anilines is 6. The predicted molar refractivity (Wildman–Crippen MR) is 240 cm³/mol. The lowest BCUT2D eigenvalue weighted by Crippen LogP contribution is -2.18. The van der Waals surface area contributed by atoms with E-state index in [0.717, 1.165) is 104 Å². The van der Waals surface area contributed by atoms with E-state index in [-0.39, 0.29) is 0 Å². The minimum atomic E-state index is -4.61. The van der Waals surface area contributed by atoms with Crippen molar-refractivity contribution in [2.24, 2.45) is 0 Å². The van der Waals surface area contributed by atoms with Gasteiger partial charge in [-0.15, -0.1) is 0 Å². The second kappa shape index (κ2) is 15.4. The van der Waals surface area contributed by atoms with Crippen molar-refractivity contribution in [2.45, 2.75) is 77.1 Å². The lowest BCUT2D eigenvalue weighted by Gasteiger charge is -2.29. The van der Waals surface area contributed by atoms with Crippen LogP contribution in [0.5, 0.6) is 0 Å². The topological polar surface area (TPSA) is 6.48 Å². The van der Waals surface area contributed by atoms with E-state index in [1.165, 1.54) is 48.5 Å². The fourth-order valence-corrected chi connectivity index (χ4v) is 9.93. The number of nitrogens with zero attached hydrogens (tertiary/aromatic N) is 2. The van der Waals surface area contributed by atoms with Gasteiger partial charge in [0, 0.05) is 45.0 Å². The first-order valence-electron chi connectivity index (χ1n) is 21.4. The fourth-order valence-electron chi connectivity index (χ4n) is 9.93. The highest BCUT2D eigenvalue weighted by Gasteiger charge is 2.44. The second-order valence-corrected chi connectivity index (χ2v) is 18.4. The van der Waals surface area contributed by atoms with Crippen molar-refractivity contribution in [1.82, 2.24) is 0 Å². The minimum absolute atomic E-state index is 0.299. The largest absolute Gasteiger partial charge is 0.416 e. The summed E-state index contributed by atoms with van der Waals surface area (Å²) in [5.41, 5.74) is 6.48. The molecule has 0 amide bonds. The van der Waals surface area contributed by atoms with E-state index in [0.29, 0.717) is 34.1 Å². The highest BCUT2D eigenvalue weighted by Crippen LogP contribution is 2.59. The molecule has 7 aromatic carbocycles. The smallest absolute Gasteiger partial charge is 0.310 e. The molecule has 0 radical (unpaired) electrons. The molecule has 68 heavy (non-hydrogen) atoms. The first-order chi connectivity index (χ1) is 31.6. The van der Waals surface area contributed by atoms with Crippen LogP contribution in [-0.2, 0) is 35.5 Å². The molecule has 2 aliphatic rings. The van der Waals surface area contributed by atoms with Crippen molar-refractivity contribution in [3.05, 3.63) is 189 Å². The third kappa shape index (κ3) is 7.75. The Bertz CT molecular complexity index is 2770. The van der Waals surface area contributed by atoms with Gasteiger partial charge in [-0.05, 0) is 203 Å². The van der Waals surface area contributed by atoms with Gasteiger partial charge in [-0.1, -0.05) is 27.7 Å². The monoisotopic (exact) mass is 944 g/mol. The third-order valence-electron chi connectivity index (χ3n) is 13.4. The SMILES string of the molecule is Cc1cc(N(c2ccc(C(F)(F)F)cc2)c2ccc(C(F)(F)F)cc2)cc2c1-c1cc3c(cc1C2(C)C)-c1c(C)cc(N(c2ccc(C(F)(F)F)cc2)c2ccc(C(F)(F)F)cc2)cc1C3(C)C. The molecule has 0 aliphatic heterocycles. The number of rotatable bonds is 6. The highest BCUT2D eigenvalue weighted by atomic mass is 19.4. The van der Waals surface area contributed by atoms with Crippen LogP contribution in [0.25, 0.3) is 22.3 Å². The molecule has 14 heteroatoms. The Labute approximate surface area is 384 Å². The Morgan fingerprint density at radius 3 is 0.765 bits per heavy atom. The average Bonchev–Trinajstić information content (AvgIpc) is 3.61. The van der Waals surface area contributed by atoms with Crippen molar-refractivity contribution >= 4 is 34.1 Å². The van der Waals surface area contributed by atoms with E-state index in [1.54, 1.807) is 9.80 Å². The molecule has 0 aromatic heterocycles. The molecular formula is C54H40F12N2. The van der Waals surface area contributed by atoms with Gasteiger partial charge >= 0.3 is 24.7 Å². The Morgan fingerprint density at radius 1 is 0.309 bits per heavy atom. The molecule has 2 nitrogen and oxygen atoms in total. The number of hydrogen-bond donors (Lipinski definition) is 0. The van der Waals surface area contributed by atoms with Gasteiger partial charge in [0.1, 0.15) is 0 Å². The minimum Gasteiger partial charge on any atom is -0.310 e. The van der Waals surface area contributed by atoms with Crippen molar-refractivity contribution in [3.63, 3.8) is 0 Å². The van der Waals surface area contributed by atoms with Crippen LogP contribution < -0.4 is 9.80 Å². The molecule has 9 rings (SSSR count). The van der Waals surface area contributed by atoms with E-state index >= 15 is 0 Å². The van der Waals surface area contributed by atoms with Gasteiger partial charge in [-0.25, -0.2) is 0 Å². The predicted octanol–water partition coefficient (Wildman–Crippen LogP) is 17.9. The zero-order valence-corrected chi connectivity index (χ0v) is 37.1. The van der Waals surface area contributed by atoms with E-state index in [9.17, 15) is 52.7 Å². The molecule has 0 saturated carbocycles. The number of alkyl halides is 12. The number of aryl methyl sites for hydroxylation is 2. The van der Waals surface area contributed by atoms with Crippen LogP contribution in [0, 0.1) is 13.8 Å². The Hall–Kier alpha value is -6.70. The molecule has 0 spiro atoms. The summed E-state index contributed by atoms with van der Waals surface area (Å²) in [6, 6.07) is 29.6. The standard InChI is InChI=1S/C54H40F12N2/c1-29-23-39(67(35-15-7-31(8-16-35)51(55,56)57)36-17-9-32(10-18-36)52(58,59)60)25-45-47(29)41-27-44-42(28-43(41)49(45,3)4)48-30(2)24-40(26-46(48)50(44,5)6)68(37-19-11-33(12-20-37)53(61,62)63)38-21-13-34(14-22-38)54(64,65)66/h7-28H,1-6H3. The summed E-state index contributed by atoms with van der Waals surface area (Å²) in [4.78, 5) is 3.26. The summed E-state index contributed by atoms with van der Waals surface area (Å²) < 4.78 is 164. The van der Waals surface area contributed by atoms with Gasteiger partial charge < -0.3 is 9.80 Å². The molecule has 0 saturated heterocycles. The maximum absolute atomic E-state index is 13.7. The van der Waals surface area contributed by atoms with Gasteiger partial charge in [0.2, 0.25) is 0 Å². The lowest BCUT2D eigenvalue weighted by atomic mass is 9.79. The van der Waals surface area contributed by atoms with Crippen LogP contribution >= 0.6 is 0 Å². The zero-order chi connectivity index (χ0) is 49.3. The summed E-state index contributed by atoms with van der Waals surface area (Å²) >= 11 is 0. The molecular weight excluding hydrogens is 905 g/mol. The molecule has 0 unspecified atom stereocenters. The maximum Gasteiger partial charge on any atom is 0.416 e. The molecule has 350 valence electrons. The number of hydrogen-bond acceptors (Lipinski definition) is 2. The van der Waals surface area contributed by atoms with Gasteiger partial charge in [-0.2, -0.15) is 52.7 Å². The normalized spacial score (nSPS) is 14.9. The van der Waals surface area contributed by atoms with E-state index < -0.39 is 57.8 Å². The first-order valence-corrected chi connectivity index (χ1v) is 21.4. The summed E-state index contributed by atoms with van der Waals surface area (Å²) in [6.45, 7) is 12.0. The summed E-state index contributed by atoms with van der Waals surface area (Å²) in [7, 11) is 0. The number of benzene rings is 7. The van der Waals surface area contributed by atoms with Crippen molar-refractivity contribution in [2.75, 3.05) is 9.80 Å². The quantitative estimate of drug-likeness (QED) is 0.153. The lowest BCUT2D eigenvalue weighted by molar-refractivity contribution is -0.138. The Kier molecular flexibility index (Phi) is 10.5. The van der Waals surface area contributed by atoms with Crippen LogP contribution in [0.4, 0.5) is 86.8 Å². The van der Waals surface area contributed by atoms with Crippen molar-refractivity contribution in [1.29, 1.82) is 0 Å². The number of halogens is 12. The molecule has 0 bridgehead atoms. The first kappa shape index (κ1) is 46.4. The summed E-state index contributed by atoms with van der Waals surface area (Å²) in [5.74, 6) is 0. The number of fused-ring (bicyclic) bond motifs is 6. The molecule has 0 heterocycles. The molecule has 7 aromatic rings. The van der Waals surface area contributed by atoms with Crippen LogP contribution in [0.3, 0.4) is 0 Å². The summed E-state index contributed by atoms with van der Waals surface area (Å²) in [6.07, 6.45) is -18.4. The Balaban J connectivity index is 1.15. The van der Waals surface area contributed by atoms with Gasteiger partial charge in [0.05, 0.1) is 22.3 Å². The highest BCUT2D eigenvalue weighted by molar-refractivity contribution is 5.94. The zero-order valence-electron chi connectivity index (χ0n) is 37.1. The van der Waals surface area contributed by atoms with Gasteiger partial charge in [0.25, 0.3) is 0 Å². The Morgan fingerprint density at radius 2 is 0.544 bits per heavy atom. The van der Waals surface area contributed by atoms with Crippen LogP contribution in [0.2, 0.25) is 0 Å². The molecule has 0 atom stereocenters. The van der Waals surface area contributed by atoms with Gasteiger partial charge in [0.15, 0.2) is 0 Å². The van der Waals surface area contributed by atoms with Crippen LogP contribution in [0.1, 0.15) is 83.3 Å². The second-order valence-electron chi connectivity index (χ2n) is 18.4. The van der Waals surface area contributed by atoms with Gasteiger partial charge in [-0.3, -0.25) is 0 Å². The van der Waals surface area contributed by atoms with Crippen molar-refractivity contribution in [3.8, 4) is 22.3 Å². The van der Waals surface area contributed by atoms with Crippen LogP contribution in [-0.4, -0.2) is 0 Å². The van der Waals surface area contributed by atoms with Crippen molar-refractivity contribution < 1.29 is 52.7 Å². The maximum atomic E-state index is 13.7. The average molecular weight is 945 g/mol. The third-order valence-corrected chi connectivity index (χ3v) is 13.4. The molecule has 0 N–H and O–H groups in total. The van der Waals surface area contributed by atoms with E-state index in [1.807, 2.05) is 38.1 Å². The summed E-state index contributed by atoms with van der Waals surface area (Å²) in [5, 5.41) is 0. The van der Waals surface area contributed by atoms with Crippen LogP contribution in [0.15, 0.2) is 133 Å². The molecule has 0 fully saturated rings. The molecule has 2 aliphatic carbocycles. The van der Waals surface area contributed by atoms with E-state index in [4.69, 9.17) is 0 Å². The van der Waals surface area contributed by atoms with E-state index in [2.05, 4.69) is 39.8 Å². The fraction of sp³-hybridized carbons (Fsp3) is 0.222.